The third-order valence-electron chi connectivity index (χ3n) is 3.37. The summed E-state index contributed by atoms with van der Waals surface area (Å²) in [5, 5.41) is 12.1. The molecule has 0 unspecified atom stereocenters. The Kier molecular flexibility index (Phi) is 6.73. The molecule has 1 aliphatic heterocycles. The number of hydrogen-bond acceptors (Lipinski definition) is 4. The monoisotopic (exact) mass is 320 g/mol. The minimum Gasteiger partial charge on any atom is -0.507 e. The normalized spacial score (nSPS) is 11.7. The average Bonchev–Trinajstić information content (AvgIpc) is 2.92. The van der Waals surface area contributed by atoms with Crippen molar-refractivity contribution in [3.8, 4) is 5.75 Å². The van der Waals surface area contributed by atoms with E-state index in [0.29, 0.717) is 12.0 Å². The zero-order valence-corrected chi connectivity index (χ0v) is 13.6. The maximum atomic E-state index is 9.93. The number of carbonyl (C=O) groups excluding carboxylic acids is 1. The number of carbonyl (C=O) groups is 1. The smallest absolute Gasteiger partial charge is 0.165 e. The number of nitrogens with two attached hydrogens (primary N) is 1. The molecule has 22 heavy (non-hydrogen) atoms. The van der Waals surface area contributed by atoms with Gasteiger partial charge in [0.1, 0.15) is 5.75 Å². The van der Waals surface area contributed by atoms with Crippen molar-refractivity contribution in [2.24, 2.45) is 5.73 Å². The minimum absolute atomic E-state index is 0.0741. The first-order chi connectivity index (χ1) is 10.5. The summed E-state index contributed by atoms with van der Waals surface area (Å²) >= 11 is 4.64. The van der Waals surface area contributed by atoms with Gasteiger partial charge in [-0.1, -0.05) is 30.8 Å². The molecule has 0 fully saturated rings. The number of anilines is 1. The Bertz CT molecular complexity index is 671. The van der Waals surface area contributed by atoms with Gasteiger partial charge in [-0.25, -0.2) is 0 Å². The number of benzene rings is 2. The lowest BCUT2D eigenvalue weighted by Gasteiger charge is -2.13. The van der Waals surface area contributed by atoms with Crippen LogP contribution in [0.2, 0.25) is 0 Å². The molecule has 3 N–H and O–H groups in total. The van der Waals surface area contributed by atoms with Crippen molar-refractivity contribution in [1.82, 2.24) is 0 Å². The molecule has 5 heteroatoms. The molecule has 0 aromatic heterocycles. The molecule has 1 heterocycles. The van der Waals surface area contributed by atoms with Crippen LogP contribution in [0.3, 0.4) is 0 Å². The van der Waals surface area contributed by atoms with Gasteiger partial charge < -0.3 is 15.7 Å². The molecular weight excluding hydrogens is 300 g/mol. The fraction of sp³-hybridized carbons (Fsp3) is 0.235. The van der Waals surface area contributed by atoms with Crippen molar-refractivity contribution < 1.29 is 9.90 Å². The number of rotatable bonds is 1. The highest BCUT2D eigenvalue weighted by Crippen LogP contribution is 2.38. The summed E-state index contributed by atoms with van der Waals surface area (Å²) < 4.78 is 0. The number of nitrogens with zero attached hydrogens (tertiary/aromatic N) is 1. The first kappa shape index (κ1) is 17.9. The van der Waals surface area contributed by atoms with Crippen LogP contribution < -0.4 is 10.6 Å². The van der Waals surface area contributed by atoms with E-state index < -0.39 is 0 Å². The van der Waals surface area contributed by atoms with Crippen LogP contribution in [0.25, 0.3) is 10.8 Å². The SMILES string of the molecule is C=C(N)C=O.CCl.CN1CCc2c1cc(O)c1ccccc21. The van der Waals surface area contributed by atoms with Gasteiger partial charge in [0.05, 0.1) is 5.70 Å². The summed E-state index contributed by atoms with van der Waals surface area (Å²) in [5.41, 5.74) is 7.34. The number of allylic oxidation sites excluding steroid dienone is 1. The van der Waals surface area contributed by atoms with Crippen molar-refractivity contribution in [1.29, 1.82) is 0 Å². The molecule has 2 aromatic carbocycles. The Morgan fingerprint density at radius 3 is 2.45 bits per heavy atom. The Labute approximate surface area is 135 Å². The van der Waals surface area contributed by atoms with Gasteiger partial charge in [-0.15, -0.1) is 11.6 Å². The molecule has 3 rings (SSSR count). The van der Waals surface area contributed by atoms with Crippen molar-refractivity contribution in [3.63, 3.8) is 0 Å². The van der Waals surface area contributed by atoms with Gasteiger partial charge in [0, 0.05) is 37.1 Å². The Morgan fingerprint density at radius 1 is 1.36 bits per heavy atom. The van der Waals surface area contributed by atoms with Gasteiger partial charge in [0.2, 0.25) is 0 Å². The van der Waals surface area contributed by atoms with Crippen LogP contribution in [0.5, 0.6) is 5.75 Å². The molecule has 118 valence electrons. The zero-order chi connectivity index (χ0) is 16.7. The second-order valence-corrected chi connectivity index (χ2v) is 4.80. The molecule has 0 atom stereocenters. The third kappa shape index (κ3) is 3.92. The van der Waals surface area contributed by atoms with E-state index in [0.717, 1.165) is 18.4 Å². The summed E-state index contributed by atoms with van der Waals surface area (Å²) in [6.07, 6.45) is 3.05. The quantitative estimate of drug-likeness (QED) is 0.481. The molecule has 2 aromatic rings. The highest BCUT2D eigenvalue weighted by Gasteiger charge is 2.19. The summed E-state index contributed by atoms with van der Waals surface area (Å²) in [6, 6.07) is 9.94. The highest BCUT2D eigenvalue weighted by molar-refractivity contribution is 6.15. The standard InChI is InChI=1S/C13H13NO.C3H5NO.CH3Cl/c1-14-7-6-10-9-4-2-3-5-11(9)13(15)8-12(10)14;1-3(4)2-5;1-2/h2-5,8,15H,6-7H2,1H3;2H,1,4H2;1H3. The molecule has 0 saturated heterocycles. The summed E-state index contributed by atoms with van der Waals surface area (Å²) in [5.74, 6) is 0.387. The molecular formula is C17H21ClN2O2. The van der Waals surface area contributed by atoms with E-state index in [-0.39, 0.29) is 5.70 Å². The Balaban J connectivity index is 0.000000299. The maximum Gasteiger partial charge on any atom is 0.165 e. The van der Waals surface area contributed by atoms with Crippen LogP contribution in [0.4, 0.5) is 5.69 Å². The second kappa shape index (κ2) is 8.29. The summed E-state index contributed by atoms with van der Waals surface area (Å²) in [6.45, 7) is 4.13. The van der Waals surface area contributed by atoms with E-state index in [4.69, 9.17) is 5.73 Å². The van der Waals surface area contributed by atoms with Gasteiger partial charge in [-0.05, 0) is 17.4 Å². The number of phenols is 1. The van der Waals surface area contributed by atoms with Crippen LogP contribution in [-0.4, -0.2) is 31.4 Å². The maximum absolute atomic E-state index is 9.93. The predicted octanol–water partition coefficient (Wildman–Crippen LogP) is 3.05. The van der Waals surface area contributed by atoms with Crippen molar-refractivity contribution in [2.75, 3.05) is 24.9 Å². The number of aromatic hydroxyl groups is 1. The van der Waals surface area contributed by atoms with E-state index >= 15 is 0 Å². The molecule has 0 radical (unpaired) electrons. The van der Waals surface area contributed by atoms with Gasteiger partial charge in [-0.2, -0.15) is 0 Å². The molecule has 4 nitrogen and oxygen atoms in total. The first-order valence-corrected chi connectivity index (χ1v) is 7.52. The Hall–Kier alpha value is -2.20. The van der Waals surface area contributed by atoms with Crippen LogP contribution in [0.1, 0.15) is 5.56 Å². The molecule has 0 amide bonds. The number of halogens is 1. The van der Waals surface area contributed by atoms with Crippen LogP contribution in [0, 0.1) is 0 Å². The largest absolute Gasteiger partial charge is 0.507 e. The van der Waals surface area contributed by atoms with E-state index in [1.807, 2.05) is 24.3 Å². The molecule has 0 spiro atoms. The summed E-state index contributed by atoms with van der Waals surface area (Å²) in [4.78, 5) is 11.5. The lowest BCUT2D eigenvalue weighted by molar-refractivity contribution is -0.104. The molecule has 0 aliphatic carbocycles. The number of alkyl halides is 1. The van der Waals surface area contributed by atoms with Crippen molar-refractivity contribution in [3.05, 3.63) is 48.2 Å². The van der Waals surface area contributed by atoms with Gasteiger partial charge in [-0.3, -0.25) is 4.79 Å². The number of hydrogen-bond donors (Lipinski definition) is 2. The van der Waals surface area contributed by atoms with E-state index in [1.165, 1.54) is 23.0 Å². The lowest BCUT2D eigenvalue weighted by atomic mass is 10.0. The number of likely N-dealkylation sites (N-methyl/N-ethyl adjacent to an activating group) is 1. The molecule has 1 aliphatic rings. The average molecular weight is 321 g/mol. The van der Waals surface area contributed by atoms with Crippen LogP contribution in [-0.2, 0) is 11.2 Å². The van der Waals surface area contributed by atoms with Crippen molar-refractivity contribution >= 4 is 34.3 Å². The van der Waals surface area contributed by atoms with E-state index in [9.17, 15) is 9.90 Å². The van der Waals surface area contributed by atoms with E-state index in [2.05, 4.69) is 36.2 Å². The zero-order valence-electron chi connectivity index (χ0n) is 12.8. The van der Waals surface area contributed by atoms with Crippen LogP contribution >= 0.6 is 11.6 Å². The third-order valence-corrected chi connectivity index (χ3v) is 3.37. The topological polar surface area (TPSA) is 66.6 Å². The fourth-order valence-electron chi connectivity index (χ4n) is 2.41. The Morgan fingerprint density at radius 2 is 1.91 bits per heavy atom. The molecule has 0 bridgehead atoms. The van der Waals surface area contributed by atoms with Gasteiger partial charge >= 0.3 is 0 Å². The van der Waals surface area contributed by atoms with Gasteiger partial charge in [0.15, 0.2) is 6.29 Å². The number of fused-ring (bicyclic) bond motifs is 3. The summed E-state index contributed by atoms with van der Waals surface area (Å²) in [7, 11) is 2.07. The highest BCUT2D eigenvalue weighted by atomic mass is 35.5. The number of aldehydes is 1. The first-order valence-electron chi connectivity index (χ1n) is 6.76. The predicted molar refractivity (Wildman–Crippen MR) is 93.8 cm³/mol. The fourth-order valence-corrected chi connectivity index (χ4v) is 2.41. The lowest BCUT2D eigenvalue weighted by Crippen LogP contribution is -2.12. The van der Waals surface area contributed by atoms with E-state index in [1.54, 1.807) is 0 Å². The van der Waals surface area contributed by atoms with Crippen LogP contribution in [0.15, 0.2) is 42.6 Å². The molecule has 0 saturated carbocycles. The van der Waals surface area contributed by atoms with Crippen molar-refractivity contribution in [2.45, 2.75) is 6.42 Å². The minimum atomic E-state index is 0.0741. The number of phenolic OH excluding ortho intramolecular Hbond substituents is 1. The van der Waals surface area contributed by atoms with Gasteiger partial charge in [0.25, 0.3) is 0 Å². The second-order valence-electron chi connectivity index (χ2n) is 4.80.